The molecule has 0 saturated heterocycles. The van der Waals surface area contributed by atoms with Gasteiger partial charge in [-0.05, 0) is 48.6 Å². The number of furan rings is 1. The van der Waals surface area contributed by atoms with E-state index in [-0.39, 0.29) is 42.4 Å². The zero-order chi connectivity index (χ0) is 18.4. The average molecular weight is 358 g/mol. The molecule has 1 fully saturated rings. The van der Waals surface area contributed by atoms with Crippen LogP contribution in [0.2, 0.25) is 0 Å². The fraction of sp³-hybridized carbons (Fsp3) is 0.400. The second-order valence-corrected chi connectivity index (χ2v) is 6.62. The zero-order valence-corrected chi connectivity index (χ0v) is 14.5. The average Bonchev–Trinajstić information content (AvgIpc) is 3.34. The lowest BCUT2D eigenvalue weighted by atomic mass is 9.91. The number of hydrogen-bond donors (Lipinski definition) is 2. The summed E-state index contributed by atoms with van der Waals surface area (Å²) in [5.74, 6) is -0.173. The van der Waals surface area contributed by atoms with E-state index in [1.54, 1.807) is 24.3 Å². The zero-order valence-electron chi connectivity index (χ0n) is 14.5. The molecule has 1 atom stereocenters. The monoisotopic (exact) mass is 358 g/mol. The van der Waals surface area contributed by atoms with Gasteiger partial charge in [0.15, 0.2) is 5.76 Å². The van der Waals surface area contributed by atoms with Crippen LogP contribution in [-0.2, 0) is 4.79 Å². The molecule has 3 rings (SSSR count). The Balaban J connectivity index is 1.55. The summed E-state index contributed by atoms with van der Waals surface area (Å²) in [6.07, 6.45) is 6.01. The lowest BCUT2D eigenvalue weighted by Crippen LogP contribution is -2.35. The number of carbonyl (C=O) groups is 2. The van der Waals surface area contributed by atoms with Crippen molar-refractivity contribution in [3.63, 3.8) is 0 Å². The standard InChI is InChI=1S/C20H23FN2O3/c21-16-9-7-15(8-10-16)19(14-4-1-2-5-14)23-18(24)11-12-22-20(25)17-6-3-13-26-17/h3,6-10,13-14,19H,1-2,4-5,11-12H2,(H,22,25)(H,23,24)/t19-/m0/s1. The Bertz CT molecular complexity index is 722. The molecule has 2 amide bonds. The molecule has 0 bridgehead atoms. The quantitative estimate of drug-likeness (QED) is 0.795. The first-order valence-corrected chi connectivity index (χ1v) is 9.00. The van der Waals surface area contributed by atoms with Gasteiger partial charge >= 0.3 is 0 Å². The first kappa shape index (κ1) is 18.2. The summed E-state index contributed by atoms with van der Waals surface area (Å²) >= 11 is 0. The number of rotatable bonds is 7. The molecule has 0 radical (unpaired) electrons. The summed E-state index contributed by atoms with van der Waals surface area (Å²) in [5, 5.41) is 5.73. The highest BCUT2D eigenvalue weighted by Gasteiger charge is 2.27. The van der Waals surface area contributed by atoms with Gasteiger partial charge in [-0.25, -0.2) is 4.39 Å². The van der Waals surface area contributed by atoms with Gasteiger partial charge in [-0.1, -0.05) is 25.0 Å². The van der Waals surface area contributed by atoms with Crippen LogP contribution in [0.25, 0.3) is 0 Å². The Hall–Kier alpha value is -2.63. The van der Waals surface area contributed by atoms with E-state index in [0.29, 0.717) is 5.92 Å². The fourth-order valence-electron chi connectivity index (χ4n) is 3.46. The van der Waals surface area contributed by atoms with Crippen molar-refractivity contribution in [1.82, 2.24) is 10.6 Å². The Kier molecular flexibility index (Phi) is 6.04. The lowest BCUT2D eigenvalue weighted by Gasteiger charge is -2.25. The van der Waals surface area contributed by atoms with Gasteiger partial charge in [0.1, 0.15) is 5.82 Å². The molecule has 0 aliphatic heterocycles. The molecule has 0 unspecified atom stereocenters. The topological polar surface area (TPSA) is 71.3 Å². The minimum atomic E-state index is -0.339. The third kappa shape index (κ3) is 4.71. The normalized spacial score (nSPS) is 15.6. The molecule has 138 valence electrons. The molecule has 1 aromatic carbocycles. The van der Waals surface area contributed by atoms with Crippen LogP contribution in [-0.4, -0.2) is 18.4 Å². The summed E-state index contributed by atoms with van der Waals surface area (Å²) in [4.78, 5) is 24.2. The number of benzene rings is 1. The van der Waals surface area contributed by atoms with E-state index < -0.39 is 0 Å². The van der Waals surface area contributed by atoms with Crippen LogP contribution in [0.1, 0.15) is 54.3 Å². The maximum absolute atomic E-state index is 13.2. The molecule has 2 N–H and O–H groups in total. The van der Waals surface area contributed by atoms with Gasteiger partial charge in [-0.2, -0.15) is 0 Å². The van der Waals surface area contributed by atoms with Crippen molar-refractivity contribution in [2.24, 2.45) is 5.92 Å². The van der Waals surface area contributed by atoms with Crippen LogP contribution in [0.15, 0.2) is 47.1 Å². The third-order valence-corrected chi connectivity index (χ3v) is 4.80. The number of carbonyl (C=O) groups excluding carboxylic acids is 2. The van der Waals surface area contributed by atoms with Gasteiger partial charge in [0, 0.05) is 13.0 Å². The number of hydrogen-bond acceptors (Lipinski definition) is 3. The van der Waals surface area contributed by atoms with Crippen LogP contribution >= 0.6 is 0 Å². The maximum Gasteiger partial charge on any atom is 0.286 e. The Labute approximate surface area is 152 Å². The smallest absolute Gasteiger partial charge is 0.286 e. The summed E-state index contributed by atoms with van der Waals surface area (Å²) in [5.41, 5.74) is 0.922. The summed E-state index contributed by atoms with van der Waals surface area (Å²) in [6, 6.07) is 9.40. The van der Waals surface area contributed by atoms with Crippen LogP contribution in [0.5, 0.6) is 0 Å². The first-order chi connectivity index (χ1) is 12.6. The molecule has 26 heavy (non-hydrogen) atoms. The van der Waals surface area contributed by atoms with Crippen molar-refractivity contribution < 1.29 is 18.4 Å². The van der Waals surface area contributed by atoms with E-state index in [4.69, 9.17) is 4.42 Å². The van der Waals surface area contributed by atoms with E-state index in [1.807, 2.05) is 0 Å². The molecule has 1 saturated carbocycles. The molecule has 2 aromatic rings. The van der Waals surface area contributed by atoms with Gasteiger partial charge in [-0.15, -0.1) is 0 Å². The van der Waals surface area contributed by atoms with E-state index in [2.05, 4.69) is 10.6 Å². The Morgan fingerprint density at radius 1 is 1.15 bits per heavy atom. The molecular formula is C20H23FN2O3. The molecular weight excluding hydrogens is 335 g/mol. The second-order valence-electron chi connectivity index (χ2n) is 6.62. The number of amides is 2. The molecule has 1 heterocycles. The summed E-state index contributed by atoms with van der Waals surface area (Å²) < 4.78 is 18.2. The maximum atomic E-state index is 13.2. The highest BCUT2D eigenvalue weighted by molar-refractivity contribution is 5.91. The predicted octanol–water partition coefficient (Wildman–Crippen LogP) is 3.59. The van der Waals surface area contributed by atoms with Gasteiger partial charge in [0.05, 0.1) is 12.3 Å². The second kappa shape index (κ2) is 8.65. The van der Waals surface area contributed by atoms with E-state index in [0.717, 1.165) is 31.2 Å². The Morgan fingerprint density at radius 2 is 1.88 bits per heavy atom. The largest absolute Gasteiger partial charge is 0.459 e. The first-order valence-electron chi connectivity index (χ1n) is 9.00. The van der Waals surface area contributed by atoms with Crippen molar-refractivity contribution in [3.8, 4) is 0 Å². The molecule has 1 aliphatic carbocycles. The minimum absolute atomic E-state index is 0.119. The molecule has 1 aliphatic rings. The number of halogens is 1. The molecule has 5 nitrogen and oxygen atoms in total. The van der Waals surface area contributed by atoms with E-state index in [1.165, 1.54) is 18.4 Å². The van der Waals surface area contributed by atoms with E-state index >= 15 is 0 Å². The fourth-order valence-corrected chi connectivity index (χ4v) is 3.46. The SMILES string of the molecule is O=C(CCNC(=O)c1ccco1)N[C@H](c1ccc(F)cc1)C1CCCC1. The summed E-state index contributed by atoms with van der Waals surface area (Å²) in [6.45, 7) is 0.228. The number of nitrogens with one attached hydrogen (secondary N) is 2. The molecule has 1 aromatic heterocycles. The molecule has 6 heteroatoms. The van der Waals surface area contributed by atoms with Crippen LogP contribution in [0.4, 0.5) is 4.39 Å². The van der Waals surface area contributed by atoms with Crippen molar-refractivity contribution in [1.29, 1.82) is 0 Å². The van der Waals surface area contributed by atoms with E-state index in [9.17, 15) is 14.0 Å². The Morgan fingerprint density at radius 3 is 2.54 bits per heavy atom. The summed E-state index contributed by atoms with van der Waals surface area (Å²) in [7, 11) is 0. The van der Waals surface area contributed by atoms with Crippen molar-refractivity contribution in [2.75, 3.05) is 6.54 Å². The van der Waals surface area contributed by atoms with Gasteiger partial charge < -0.3 is 15.1 Å². The predicted molar refractivity (Wildman–Crippen MR) is 94.9 cm³/mol. The van der Waals surface area contributed by atoms with Gasteiger partial charge in [0.25, 0.3) is 5.91 Å². The minimum Gasteiger partial charge on any atom is -0.459 e. The van der Waals surface area contributed by atoms with Gasteiger partial charge in [-0.3, -0.25) is 9.59 Å². The van der Waals surface area contributed by atoms with Crippen molar-refractivity contribution in [2.45, 2.75) is 38.1 Å². The highest BCUT2D eigenvalue weighted by Crippen LogP contribution is 2.35. The van der Waals surface area contributed by atoms with Crippen LogP contribution in [0, 0.1) is 11.7 Å². The van der Waals surface area contributed by atoms with Gasteiger partial charge in [0.2, 0.25) is 5.91 Å². The van der Waals surface area contributed by atoms with Crippen molar-refractivity contribution >= 4 is 11.8 Å². The van der Waals surface area contributed by atoms with Crippen molar-refractivity contribution in [3.05, 3.63) is 59.8 Å². The van der Waals surface area contributed by atoms with Crippen LogP contribution in [0.3, 0.4) is 0 Å². The van der Waals surface area contributed by atoms with Crippen LogP contribution < -0.4 is 10.6 Å². The third-order valence-electron chi connectivity index (χ3n) is 4.80. The lowest BCUT2D eigenvalue weighted by molar-refractivity contribution is -0.122. The highest BCUT2D eigenvalue weighted by atomic mass is 19.1. The molecule has 0 spiro atoms.